The number of carboxylic acids is 1. The molecule has 0 aromatic heterocycles. The Balaban J connectivity index is 0.00000256. The van der Waals surface area contributed by atoms with Gasteiger partial charge in [0.05, 0.1) is 7.11 Å². The Morgan fingerprint density at radius 2 is 1.94 bits per heavy atom. The molecule has 0 aliphatic carbocycles. The molecule has 0 fully saturated rings. The Bertz CT molecular complexity index is 337. The van der Waals surface area contributed by atoms with E-state index < -0.39 is 12.1 Å². The van der Waals surface area contributed by atoms with Crippen LogP contribution < -0.4 is 4.74 Å². The molecule has 98 valence electrons. The largest absolute Gasteiger partial charge is 0.497 e. The third-order valence-corrected chi connectivity index (χ3v) is 2.22. The van der Waals surface area contributed by atoms with E-state index in [1.54, 1.807) is 26.2 Å². The minimum atomic E-state index is -0.933. The van der Waals surface area contributed by atoms with Gasteiger partial charge >= 0.3 is 5.97 Å². The van der Waals surface area contributed by atoms with Crippen molar-refractivity contribution < 1.29 is 39.8 Å². The van der Waals surface area contributed by atoms with Crippen LogP contribution >= 0.6 is 0 Å². The van der Waals surface area contributed by atoms with E-state index in [2.05, 4.69) is 0 Å². The summed E-state index contributed by atoms with van der Waals surface area (Å²) in [6.07, 6.45) is -0.411. The molecule has 1 N–H and O–H groups in total. The summed E-state index contributed by atoms with van der Waals surface area (Å²) >= 11 is 0. The molecule has 0 bridgehead atoms. The summed E-state index contributed by atoms with van der Waals surface area (Å²) in [5.74, 6) is -0.176. The van der Waals surface area contributed by atoms with Crippen LogP contribution in [0.15, 0.2) is 24.3 Å². The summed E-state index contributed by atoms with van der Waals surface area (Å²) in [4.78, 5) is 10.9. The number of aliphatic carboxylic acids is 1. The molecule has 1 aromatic carbocycles. The van der Waals surface area contributed by atoms with Crippen molar-refractivity contribution in [3.05, 3.63) is 29.8 Å². The van der Waals surface area contributed by atoms with E-state index >= 15 is 0 Å². The first-order valence-corrected chi connectivity index (χ1v) is 5.14. The van der Waals surface area contributed by atoms with Gasteiger partial charge in [0.1, 0.15) is 5.75 Å². The molecule has 17 heavy (non-hydrogen) atoms. The van der Waals surface area contributed by atoms with Crippen molar-refractivity contribution >= 4 is 5.97 Å². The van der Waals surface area contributed by atoms with E-state index in [9.17, 15) is 4.79 Å². The first kappa shape index (κ1) is 16.1. The first-order chi connectivity index (χ1) is 7.67. The van der Waals surface area contributed by atoms with Crippen LogP contribution in [-0.2, 0) is 36.4 Å². The van der Waals surface area contributed by atoms with Gasteiger partial charge < -0.3 is 14.6 Å². The van der Waals surface area contributed by atoms with Gasteiger partial charge in [-0.15, -0.1) is 0 Å². The monoisotopic (exact) mass is 330 g/mol. The fraction of sp³-hybridized carbons (Fsp3) is 0.417. The van der Waals surface area contributed by atoms with Crippen molar-refractivity contribution in [3.8, 4) is 5.75 Å². The van der Waals surface area contributed by atoms with Crippen LogP contribution in [0.4, 0.5) is 0 Å². The fourth-order valence-corrected chi connectivity index (χ4v) is 1.39. The average Bonchev–Trinajstić information content (AvgIpc) is 2.29. The Hall–Kier alpha value is -0.888. The molecular weight excluding hydrogens is 315 g/mol. The molecule has 0 saturated carbocycles. The molecule has 5 heteroatoms. The fourth-order valence-electron chi connectivity index (χ4n) is 1.39. The van der Waals surface area contributed by atoms with Crippen molar-refractivity contribution in [3.63, 3.8) is 0 Å². The Morgan fingerprint density at radius 1 is 1.35 bits per heavy atom. The molecule has 1 unspecified atom stereocenters. The quantitative estimate of drug-likeness (QED) is 0.807. The van der Waals surface area contributed by atoms with E-state index in [1.807, 2.05) is 12.1 Å². The average molecular weight is 331 g/mol. The van der Waals surface area contributed by atoms with E-state index in [-0.39, 0.29) is 20.4 Å². The number of hydrogen-bond acceptors (Lipinski definition) is 3. The van der Waals surface area contributed by atoms with E-state index in [4.69, 9.17) is 14.6 Å². The van der Waals surface area contributed by atoms with Crippen LogP contribution in [0.25, 0.3) is 0 Å². The van der Waals surface area contributed by atoms with Crippen LogP contribution in [0.2, 0.25) is 0 Å². The molecule has 1 rings (SSSR count). The summed E-state index contributed by atoms with van der Waals surface area (Å²) in [5, 5.41) is 8.92. The zero-order valence-corrected chi connectivity index (χ0v) is 11.3. The number of benzene rings is 1. The summed E-state index contributed by atoms with van der Waals surface area (Å²) < 4.78 is 10.2. The predicted molar refractivity (Wildman–Crippen MR) is 59.7 cm³/mol. The Labute approximate surface area is 115 Å². The topological polar surface area (TPSA) is 55.8 Å². The van der Waals surface area contributed by atoms with Gasteiger partial charge in [-0.2, -0.15) is 0 Å². The summed E-state index contributed by atoms with van der Waals surface area (Å²) in [7, 11) is 1.59. The van der Waals surface area contributed by atoms with Gasteiger partial charge in [-0.3, -0.25) is 0 Å². The standard InChI is InChI=1S/C12H16O4.Pd/c1-3-16-11(12(13)14)8-9-4-6-10(15-2)7-5-9;/h4-7,11H,3,8H2,1-2H3,(H,13,14);. The number of carbonyl (C=O) groups is 1. The maximum atomic E-state index is 10.9. The van der Waals surface area contributed by atoms with E-state index in [1.165, 1.54) is 0 Å². The molecule has 0 aliphatic heterocycles. The van der Waals surface area contributed by atoms with E-state index in [0.717, 1.165) is 11.3 Å². The Morgan fingerprint density at radius 3 is 2.35 bits per heavy atom. The Kier molecular flexibility index (Phi) is 7.81. The second kappa shape index (κ2) is 8.24. The van der Waals surface area contributed by atoms with Gasteiger partial charge in [0, 0.05) is 33.5 Å². The predicted octanol–water partition coefficient (Wildman–Crippen LogP) is 1.72. The van der Waals surface area contributed by atoms with Crippen molar-refractivity contribution in [2.45, 2.75) is 19.4 Å². The number of rotatable bonds is 6. The van der Waals surface area contributed by atoms with Crippen LogP contribution in [0, 0.1) is 0 Å². The minimum absolute atomic E-state index is 0. The van der Waals surface area contributed by atoms with Crippen LogP contribution in [-0.4, -0.2) is 30.9 Å². The molecule has 0 spiro atoms. The number of hydrogen-bond donors (Lipinski definition) is 1. The van der Waals surface area contributed by atoms with Crippen molar-refractivity contribution in [1.29, 1.82) is 0 Å². The van der Waals surface area contributed by atoms with Gasteiger partial charge in [0.25, 0.3) is 0 Å². The van der Waals surface area contributed by atoms with Crippen LogP contribution in [0.3, 0.4) is 0 Å². The second-order valence-electron chi connectivity index (χ2n) is 3.33. The summed E-state index contributed by atoms with van der Waals surface area (Å²) in [6.45, 7) is 2.18. The van der Waals surface area contributed by atoms with Crippen molar-refractivity contribution in [2.75, 3.05) is 13.7 Å². The van der Waals surface area contributed by atoms with Gasteiger partial charge in [0.15, 0.2) is 6.10 Å². The maximum absolute atomic E-state index is 10.9. The molecule has 0 amide bonds. The molecular formula is C12H16O4Pd. The third kappa shape index (κ3) is 5.31. The van der Waals surface area contributed by atoms with Gasteiger partial charge in [0.2, 0.25) is 0 Å². The molecule has 0 radical (unpaired) electrons. The van der Waals surface area contributed by atoms with Gasteiger partial charge in [-0.05, 0) is 24.6 Å². The summed E-state index contributed by atoms with van der Waals surface area (Å²) in [5.41, 5.74) is 0.918. The minimum Gasteiger partial charge on any atom is -0.497 e. The molecule has 1 aromatic rings. The second-order valence-corrected chi connectivity index (χ2v) is 3.33. The molecule has 0 heterocycles. The normalized spacial score (nSPS) is 11.4. The molecule has 1 atom stereocenters. The van der Waals surface area contributed by atoms with Crippen molar-refractivity contribution in [2.24, 2.45) is 0 Å². The molecule has 0 saturated heterocycles. The maximum Gasteiger partial charge on any atom is 0.333 e. The third-order valence-electron chi connectivity index (χ3n) is 2.22. The number of ether oxygens (including phenoxy) is 2. The van der Waals surface area contributed by atoms with Crippen LogP contribution in [0.5, 0.6) is 5.75 Å². The van der Waals surface area contributed by atoms with Gasteiger partial charge in [-0.25, -0.2) is 4.79 Å². The van der Waals surface area contributed by atoms with E-state index in [0.29, 0.717) is 13.0 Å². The SMILES string of the molecule is CCOC(Cc1ccc(OC)cc1)C(=O)O.[Pd]. The van der Waals surface area contributed by atoms with Crippen LogP contribution in [0.1, 0.15) is 12.5 Å². The molecule has 0 aliphatic rings. The zero-order valence-electron chi connectivity index (χ0n) is 9.79. The summed E-state index contributed by atoms with van der Waals surface area (Å²) in [6, 6.07) is 7.29. The first-order valence-electron chi connectivity index (χ1n) is 5.14. The number of methoxy groups -OCH3 is 1. The number of carboxylic acid groups (broad SMARTS) is 1. The molecule has 4 nitrogen and oxygen atoms in total. The zero-order chi connectivity index (χ0) is 12.0. The van der Waals surface area contributed by atoms with Crippen molar-refractivity contribution in [1.82, 2.24) is 0 Å². The smallest absolute Gasteiger partial charge is 0.333 e. The van der Waals surface area contributed by atoms with Gasteiger partial charge in [-0.1, -0.05) is 12.1 Å².